The summed E-state index contributed by atoms with van der Waals surface area (Å²) in [5, 5.41) is 17.0. The number of ether oxygens (including phenoxy) is 2. The molecule has 0 bridgehead atoms. The Labute approximate surface area is 119 Å². The Balaban J connectivity index is 0. The Hall–Kier alpha value is -1.92. The van der Waals surface area contributed by atoms with Gasteiger partial charge in [0.25, 0.3) is 0 Å². The lowest BCUT2D eigenvalue weighted by molar-refractivity contribution is -0.149. The minimum absolute atomic E-state index is 0.0823. The van der Waals surface area contributed by atoms with Crippen molar-refractivity contribution in [3.05, 3.63) is 38.2 Å². The van der Waals surface area contributed by atoms with Crippen molar-refractivity contribution in [3.63, 3.8) is 0 Å². The Bertz CT molecular complexity index is 303. The van der Waals surface area contributed by atoms with Crippen LogP contribution in [0, 0.1) is 5.92 Å². The van der Waals surface area contributed by atoms with Crippen LogP contribution >= 0.6 is 0 Å². The first-order valence-electron chi connectivity index (χ1n) is 5.97. The maximum atomic E-state index is 11.0. The number of hydrogen-bond donors (Lipinski definition) is 2. The van der Waals surface area contributed by atoms with E-state index in [1.807, 2.05) is 0 Å². The molecule has 0 saturated carbocycles. The van der Waals surface area contributed by atoms with Crippen molar-refractivity contribution in [1.82, 2.24) is 0 Å². The van der Waals surface area contributed by atoms with E-state index in [0.29, 0.717) is 13.2 Å². The molecule has 1 atom stereocenters. The predicted molar refractivity (Wildman–Crippen MR) is 74.9 cm³/mol. The molecule has 0 aromatic heterocycles. The molecule has 2 N–H and O–H groups in total. The molecule has 0 radical (unpaired) electrons. The molecule has 0 aromatic rings. The summed E-state index contributed by atoms with van der Waals surface area (Å²) in [6.45, 7) is 11.1. The van der Waals surface area contributed by atoms with Crippen molar-refractivity contribution in [2.45, 2.75) is 12.8 Å². The van der Waals surface area contributed by atoms with Gasteiger partial charge in [-0.3, -0.25) is 9.59 Å². The van der Waals surface area contributed by atoms with Crippen LogP contribution in [-0.2, 0) is 19.1 Å². The quantitative estimate of drug-likeness (QED) is 0.274. The molecular formula is C14H22O6. The Morgan fingerprint density at radius 3 is 2.05 bits per heavy atom. The van der Waals surface area contributed by atoms with E-state index in [2.05, 4.69) is 24.5 Å². The van der Waals surface area contributed by atoms with Gasteiger partial charge < -0.3 is 19.7 Å². The van der Waals surface area contributed by atoms with Crippen molar-refractivity contribution < 1.29 is 29.3 Å². The molecule has 20 heavy (non-hydrogen) atoms. The predicted octanol–water partition coefficient (Wildman–Crippen LogP) is 1.52. The van der Waals surface area contributed by atoms with E-state index in [9.17, 15) is 9.59 Å². The molecule has 6 heteroatoms. The third-order valence-electron chi connectivity index (χ3n) is 1.90. The third kappa shape index (κ3) is 14.1. The van der Waals surface area contributed by atoms with Crippen molar-refractivity contribution in [2.75, 3.05) is 19.8 Å². The lowest BCUT2D eigenvalue weighted by Gasteiger charge is -2.09. The van der Waals surface area contributed by atoms with E-state index >= 15 is 0 Å². The van der Waals surface area contributed by atoms with Gasteiger partial charge in [-0.05, 0) is 6.42 Å². The molecular weight excluding hydrogens is 264 g/mol. The summed E-state index contributed by atoms with van der Waals surface area (Å²) in [6.07, 6.45) is 4.10. The molecule has 1 unspecified atom stereocenters. The molecule has 0 aliphatic carbocycles. The molecule has 6 nitrogen and oxygen atoms in total. The summed E-state index contributed by atoms with van der Waals surface area (Å²) in [4.78, 5) is 21.3. The number of aliphatic carboxylic acids is 1. The number of rotatable bonds is 10. The summed E-state index contributed by atoms with van der Waals surface area (Å²) in [5.74, 6) is -2.58. The first-order valence-corrected chi connectivity index (χ1v) is 5.97. The molecule has 0 aliphatic heterocycles. The third-order valence-corrected chi connectivity index (χ3v) is 1.90. The number of hydrogen-bond acceptors (Lipinski definition) is 5. The number of aliphatic hydroxyl groups excluding tert-OH is 1. The number of aliphatic hydroxyl groups is 1. The number of carbonyl (C=O) groups is 2. The summed E-state index contributed by atoms with van der Waals surface area (Å²) in [5.41, 5.74) is 0. The highest BCUT2D eigenvalue weighted by Crippen LogP contribution is 2.10. The van der Waals surface area contributed by atoms with Gasteiger partial charge >= 0.3 is 11.9 Å². The first-order chi connectivity index (χ1) is 9.53. The van der Waals surface area contributed by atoms with Crippen molar-refractivity contribution in [3.8, 4) is 0 Å². The standard InChI is InChI=1S/C8H12O5.C6H10O/c1-2-13-8(12)6(3-4-9)5-7(10)11;1-3-5-7-6-4-2/h2,6,9H,1,3-5H2,(H,10,11);3-4H,1-2,5-6H2. The highest BCUT2D eigenvalue weighted by molar-refractivity contribution is 5.79. The van der Waals surface area contributed by atoms with Gasteiger partial charge in [-0.2, -0.15) is 0 Å². The topological polar surface area (TPSA) is 93.1 Å². The summed E-state index contributed by atoms with van der Waals surface area (Å²) in [7, 11) is 0. The van der Waals surface area contributed by atoms with E-state index in [1.165, 1.54) is 0 Å². The SMILES string of the molecule is C=CCOCC=C.C=COC(=O)C(CCO)CC(=O)O. The lowest BCUT2D eigenvalue weighted by atomic mass is 10.0. The van der Waals surface area contributed by atoms with Gasteiger partial charge in [0.1, 0.15) is 0 Å². The number of carbonyl (C=O) groups excluding carboxylic acids is 1. The zero-order valence-electron chi connectivity index (χ0n) is 11.5. The van der Waals surface area contributed by atoms with Crippen LogP contribution in [0.4, 0.5) is 0 Å². The van der Waals surface area contributed by atoms with Crippen LogP contribution in [0.25, 0.3) is 0 Å². The van der Waals surface area contributed by atoms with Crippen molar-refractivity contribution in [1.29, 1.82) is 0 Å². The van der Waals surface area contributed by atoms with Crippen molar-refractivity contribution in [2.24, 2.45) is 5.92 Å². The number of carboxylic acid groups (broad SMARTS) is 1. The van der Waals surface area contributed by atoms with Gasteiger partial charge in [0.05, 0.1) is 31.8 Å². The summed E-state index contributed by atoms with van der Waals surface area (Å²) >= 11 is 0. The van der Waals surface area contributed by atoms with Crippen LogP contribution in [0.3, 0.4) is 0 Å². The second-order valence-corrected chi connectivity index (χ2v) is 3.53. The fraction of sp³-hybridized carbons (Fsp3) is 0.429. The summed E-state index contributed by atoms with van der Waals surface area (Å²) in [6, 6.07) is 0. The van der Waals surface area contributed by atoms with Gasteiger partial charge in [-0.25, -0.2) is 0 Å². The molecule has 0 aromatic carbocycles. The molecule has 0 rings (SSSR count). The minimum Gasteiger partial charge on any atom is -0.481 e. The Kier molecular flexibility index (Phi) is 15.4. The second-order valence-electron chi connectivity index (χ2n) is 3.53. The average Bonchev–Trinajstić information content (AvgIpc) is 2.39. The van der Waals surface area contributed by atoms with E-state index in [-0.39, 0.29) is 19.4 Å². The molecule has 0 spiro atoms. The maximum Gasteiger partial charge on any atom is 0.314 e. The van der Waals surface area contributed by atoms with Crippen LogP contribution in [0.5, 0.6) is 0 Å². The highest BCUT2D eigenvalue weighted by Gasteiger charge is 2.21. The van der Waals surface area contributed by atoms with Crippen LogP contribution in [-0.4, -0.2) is 42.0 Å². The first kappa shape index (κ1) is 20.4. The van der Waals surface area contributed by atoms with Crippen LogP contribution in [0.1, 0.15) is 12.8 Å². The molecule has 0 heterocycles. The maximum absolute atomic E-state index is 11.0. The van der Waals surface area contributed by atoms with E-state index in [0.717, 1.165) is 6.26 Å². The largest absolute Gasteiger partial charge is 0.481 e. The molecule has 0 fully saturated rings. The van der Waals surface area contributed by atoms with Gasteiger partial charge in [0, 0.05) is 6.61 Å². The summed E-state index contributed by atoms with van der Waals surface area (Å²) < 4.78 is 9.30. The average molecular weight is 286 g/mol. The minimum atomic E-state index is -1.10. The van der Waals surface area contributed by atoms with Gasteiger partial charge in [0.15, 0.2) is 0 Å². The zero-order chi connectivity index (χ0) is 15.8. The fourth-order valence-electron chi connectivity index (χ4n) is 1.08. The second kappa shape index (κ2) is 15.1. The van der Waals surface area contributed by atoms with Crippen molar-refractivity contribution >= 4 is 11.9 Å². The normalized spacial score (nSPS) is 10.4. The fourth-order valence-corrected chi connectivity index (χ4v) is 1.08. The highest BCUT2D eigenvalue weighted by atomic mass is 16.5. The van der Waals surface area contributed by atoms with Crippen LogP contribution in [0.15, 0.2) is 38.2 Å². The number of carboxylic acids is 1. The molecule has 0 saturated heterocycles. The monoisotopic (exact) mass is 286 g/mol. The molecule has 0 amide bonds. The van der Waals surface area contributed by atoms with Gasteiger partial charge in [-0.1, -0.05) is 18.7 Å². The van der Waals surface area contributed by atoms with Crippen LogP contribution < -0.4 is 0 Å². The molecule has 114 valence electrons. The smallest absolute Gasteiger partial charge is 0.314 e. The lowest BCUT2D eigenvalue weighted by Crippen LogP contribution is -2.20. The van der Waals surface area contributed by atoms with Crippen LogP contribution in [0.2, 0.25) is 0 Å². The van der Waals surface area contributed by atoms with E-state index in [4.69, 9.17) is 14.9 Å². The van der Waals surface area contributed by atoms with E-state index < -0.39 is 17.9 Å². The van der Waals surface area contributed by atoms with Gasteiger partial charge in [-0.15, -0.1) is 13.2 Å². The van der Waals surface area contributed by atoms with E-state index in [1.54, 1.807) is 12.2 Å². The Morgan fingerprint density at radius 2 is 1.70 bits per heavy atom. The zero-order valence-corrected chi connectivity index (χ0v) is 11.5. The Morgan fingerprint density at radius 1 is 1.15 bits per heavy atom. The van der Waals surface area contributed by atoms with Gasteiger partial charge in [0.2, 0.25) is 0 Å². The molecule has 0 aliphatic rings. The number of esters is 1.